The minimum atomic E-state index is -0.248. The van der Waals surface area contributed by atoms with Gasteiger partial charge in [-0.1, -0.05) is 12.1 Å². The van der Waals surface area contributed by atoms with E-state index in [9.17, 15) is 9.18 Å². The van der Waals surface area contributed by atoms with Crippen LogP contribution < -0.4 is 4.74 Å². The highest BCUT2D eigenvalue weighted by atomic mass is 19.1. The Bertz CT molecular complexity index is 738. The molecule has 0 spiro atoms. The van der Waals surface area contributed by atoms with Gasteiger partial charge in [0.15, 0.2) is 5.78 Å². The van der Waals surface area contributed by atoms with E-state index in [0.717, 1.165) is 44.7 Å². The molecule has 2 aromatic carbocycles. The molecule has 2 aromatic rings. The first-order valence-corrected chi connectivity index (χ1v) is 9.45. The van der Waals surface area contributed by atoms with Crippen LogP contribution in [0.2, 0.25) is 0 Å². The molecule has 0 bridgehead atoms. The maximum Gasteiger partial charge on any atom is 0.159 e. The monoisotopic (exact) mass is 370 g/mol. The van der Waals surface area contributed by atoms with E-state index < -0.39 is 0 Å². The first-order valence-electron chi connectivity index (χ1n) is 9.45. The predicted octanol–water partition coefficient (Wildman–Crippen LogP) is 3.79. The molecule has 0 saturated carbocycles. The molecule has 27 heavy (non-hydrogen) atoms. The van der Waals surface area contributed by atoms with E-state index in [4.69, 9.17) is 4.74 Å². The standard InChI is InChI=1S/C22H27FN2O2/c1-17(26)18-5-9-21(10-6-18)27-22(19-3-7-20(23)8-4-19)11-12-25-15-13-24(2)14-16-25/h3-10,22H,11-16H2,1-2H3. The maximum absolute atomic E-state index is 13.3. The number of ether oxygens (including phenoxy) is 1. The van der Waals surface area contributed by atoms with Crippen molar-refractivity contribution >= 4 is 5.78 Å². The number of nitrogens with zero attached hydrogens (tertiary/aromatic N) is 2. The van der Waals surface area contributed by atoms with Crippen LogP contribution in [0.25, 0.3) is 0 Å². The molecule has 0 aromatic heterocycles. The highest BCUT2D eigenvalue weighted by Crippen LogP contribution is 2.26. The van der Waals surface area contributed by atoms with Gasteiger partial charge in [0.25, 0.3) is 0 Å². The molecule has 5 heteroatoms. The summed E-state index contributed by atoms with van der Waals surface area (Å²) in [4.78, 5) is 16.2. The highest BCUT2D eigenvalue weighted by Gasteiger charge is 2.19. The fourth-order valence-corrected chi connectivity index (χ4v) is 3.27. The van der Waals surface area contributed by atoms with E-state index >= 15 is 0 Å². The number of carbonyl (C=O) groups is 1. The molecule has 1 heterocycles. The molecule has 1 atom stereocenters. The van der Waals surface area contributed by atoms with E-state index in [1.807, 2.05) is 12.1 Å². The van der Waals surface area contributed by atoms with Crippen LogP contribution in [0.4, 0.5) is 4.39 Å². The number of Topliss-reactive ketones (excluding diaryl/α,β-unsaturated/α-hetero) is 1. The Hall–Kier alpha value is -2.24. The zero-order chi connectivity index (χ0) is 19.2. The number of benzene rings is 2. The molecule has 0 N–H and O–H groups in total. The lowest BCUT2D eigenvalue weighted by molar-refractivity contribution is 0.101. The number of halogens is 1. The Labute approximate surface area is 160 Å². The smallest absolute Gasteiger partial charge is 0.159 e. The van der Waals surface area contributed by atoms with Gasteiger partial charge in [-0.25, -0.2) is 4.39 Å². The summed E-state index contributed by atoms with van der Waals surface area (Å²) in [5.74, 6) is 0.502. The third kappa shape index (κ3) is 5.62. The third-order valence-corrected chi connectivity index (χ3v) is 5.08. The van der Waals surface area contributed by atoms with Gasteiger partial charge in [-0.15, -0.1) is 0 Å². The number of hydrogen-bond acceptors (Lipinski definition) is 4. The fraction of sp³-hybridized carbons (Fsp3) is 0.409. The molecule has 4 nitrogen and oxygen atoms in total. The van der Waals surface area contributed by atoms with Gasteiger partial charge in [0.05, 0.1) is 0 Å². The molecule has 1 aliphatic heterocycles. The summed E-state index contributed by atoms with van der Waals surface area (Å²) < 4.78 is 19.5. The molecular formula is C22H27FN2O2. The van der Waals surface area contributed by atoms with Crippen molar-refractivity contribution in [3.8, 4) is 5.75 Å². The molecule has 144 valence electrons. The van der Waals surface area contributed by atoms with Crippen molar-refractivity contribution in [1.29, 1.82) is 0 Å². The average Bonchev–Trinajstić information content (AvgIpc) is 2.67. The van der Waals surface area contributed by atoms with Gasteiger partial charge in [-0.2, -0.15) is 0 Å². The minimum absolute atomic E-state index is 0.0340. The summed E-state index contributed by atoms with van der Waals surface area (Å²) in [7, 11) is 2.15. The molecule has 1 fully saturated rings. The summed E-state index contributed by atoms with van der Waals surface area (Å²) >= 11 is 0. The van der Waals surface area contributed by atoms with Crippen LogP contribution >= 0.6 is 0 Å². The predicted molar refractivity (Wildman–Crippen MR) is 105 cm³/mol. The van der Waals surface area contributed by atoms with Gasteiger partial charge in [0.1, 0.15) is 17.7 Å². The van der Waals surface area contributed by atoms with E-state index in [0.29, 0.717) is 11.3 Å². The second-order valence-electron chi connectivity index (χ2n) is 7.17. The second-order valence-corrected chi connectivity index (χ2v) is 7.17. The van der Waals surface area contributed by atoms with E-state index in [2.05, 4.69) is 16.8 Å². The van der Waals surface area contributed by atoms with Crippen molar-refractivity contribution < 1.29 is 13.9 Å². The lowest BCUT2D eigenvalue weighted by Gasteiger charge is -2.33. The molecule has 1 saturated heterocycles. The van der Waals surface area contributed by atoms with E-state index in [1.54, 1.807) is 31.2 Å². The summed E-state index contributed by atoms with van der Waals surface area (Å²) in [6.45, 7) is 6.75. The lowest BCUT2D eigenvalue weighted by Crippen LogP contribution is -2.45. The van der Waals surface area contributed by atoms with Crippen molar-refractivity contribution in [2.24, 2.45) is 0 Å². The highest BCUT2D eigenvalue weighted by molar-refractivity contribution is 5.94. The molecule has 0 aliphatic carbocycles. The largest absolute Gasteiger partial charge is 0.486 e. The normalized spacial score (nSPS) is 16.9. The summed E-state index contributed by atoms with van der Waals surface area (Å²) in [6.07, 6.45) is 0.664. The van der Waals surface area contributed by atoms with Gasteiger partial charge in [0, 0.05) is 44.7 Å². The van der Waals surface area contributed by atoms with Gasteiger partial charge in [-0.05, 0) is 55.9 Å². The van der Waals surface area contributed by atoms with Crippen molar-refractivity contribution in [2.45, 2.75) is 19.4 Å². The van der Waals surface area contributed by atoms with Crippen molar-refractivity contribution in [3.05, 3.63) is 65.5 Å². The molecule has 3 rings (SSSR count). The third-order valence-electron chi connectivity index (χ3n) is 5.08. The summed E-state index contributed by atoms with van der Waals surface area (Å²) in [6, 6.07) is 13.7. The fourth-order valence-electron chi connectivity index (χ4n) is 3.27. The summed E-state index contributed by atoms with van der Waals surface area (Å²) in [5.41, 5.74) is 1.62. The number of hydrogen-bond donors (Lipinski definition) is 0. The van der Waals surface area contributed by atoms with Gasteiger partial charge in [-0.3, -0.25) is 4.79 Å². The number of piperazine rings is 1. The Morgan fingerprint density at radius 2 is 1.67 bits per heavy atom. The van der Waals surface area contributed by atoms with Gasteiger partial charge >= 0.3 is 0 Å². The Morgan fingerprint density at radius 1 is 1.04 bits per heavy atom. The van der Waals surface area contributed by atoms with Crippen LogP contribution in [0.5, 0.6) is 5.75 Å². The van der Waals surface area contributed by atoms with Crippen LogP contribution in [0.15, 0.2) is 48.5 Å². The molecule has 0 radical (unpaired) electrons. The Kier molecular flexibility index (Phi) is 6.58. The van der Waals surface area contributed by atoms with Crippen LogP contribution in [-0.2, 0) is 0 Å². The van der Waals surface area contributed by atoms with Gasteiger partial charge < -0.3 is 14.5 Å². The second kappa shape index (κ2) is 9.11. The van der Waals surface area contributed by atoms with Crippen molar-refractivity contribution in [1.82, 2.24) is 9.80 Å². The Morgan fingerprint density at radius 3 is 2.26 bits per heavy atom. The number of rotatable bonds is 7. The van der Waals surface area contributed by atoms with Crippen molar-refractivity contribution in [3.63, 3.8) is 0 Å². The van der Waals surface area contributed by atoms with Gasteiger partial charge in [0.2, 0.25) is 0 Å². The first-order chi connectivity index (χ1) is 13.0. The van der Waals surface area contributed by atoms with E-state index in [-0.39, 0.29) is 17.7 Å². The quantitative estimate of drug-likeness (QED) is 0.695. The van der Waals surface area contributed by atoms with E-state index in [1.165, 1.54) is 12.1 Å². The Balaban J connectivity index is 1.69. The minimum Gasteiger partial charge on any atom is -0.486 e. The number of carbonyl (C=O) groups excluding carboxylic acids is 1. The van der Waals surface area contributed by atoms with Crippen LogP contribution in [0, 0.1) is 5.82 Å². The van der Waals surface area contributed by atoms with Crippen LogP contribution in [0.1, 0.15) is 35.4 Å². The zero-order valence-corrected chi connectivity index (χ0v) is 16.0. The summed E-state index contributed by atoms with van der Waals surface area (Å²) in [5, 5.41) is 0. The number of likely N-dealkylation sites (N-methyl/N-ethyl adjacent to an activating group) is 1. The maximum atomic E-state index is 13.3. The first kappa shape index (κ1) is 19.5. The van der Waals surface area contributed by atoms with Crippen LogP contribution in [0.3, 0.4) is 0 Å². The van der Waals surface area contributed by atoms with Crippen LogP contribution in [-0.4, -0.2) is 55.4 Å². The lowest BCUT2D eigenvalue weighted by atomic mass is 10.1. The SMILES string of the molecule is CC(=O)c1ccc(OC(CCN2CCN(C)CC2)c2ccc(F)cc2)cc1. The molecule has 0 amide bonds. The zero-order valence-electron chi connectivity index (χ0n) is 16.0. The average molecular weight is 370 g/mol. The van der Waals surface area contributed by atoms with Crippen molar-refractivity contribution in [2.75, 3.05) is 39.8 Å². The molecule has 1 unspecified atom stereocenters. The number of ketones is 1. The molecular weight excluding hydrogens is 343 g/mol. The molecule has 1 aliphatic rings. The topological polar surface area (TPSA) is 32.8 Å².